The summed E-state index contributed by atoms with van der Waals surface area (Å²) < 4.78 is 0. The highest BCUT2D eigenvalue weighted by Crippen LogP contribution is 2.25. The van der Waals surface area contributed by atoms with E-state index in [1.165, 1.54) is 13.0 Å². The minimum atomic E-state index is -1.31. The number of rotatable bonds is 1. The first-order valence-corrected chi connectivity index (χ1v) is 3.28. The topological polar surface area (TPSA) is 63.4 Å². The van der Waals surface area contributed by atoms with Crippen molar-refractivity contribution < 1.29 is 10.0 Å². The molecule has 1 unspecified atom stereocenters. The second-order valence-corrected chi connectivity index (χ2v) is 2.72. The van der Waals surface area contributed by atoms with Crippen LogP contribution >= 0.6 is 0 Å². The van der Waals surface area contributed by atoms with Crippen LogP contribution in [0.15, 0.2) is 24.0 Å². The smallest absolute Gasteiger partial charge is 0.278 e. The van der Waals surface area contributed by atoms with E-state index in [9.17, 15) is 10.1 Å². The predicted octanol–water partition coefficient (Wildman–Crippen LogP) is 1.42. The van der Waals surface area contributed by atoms with Gasteiger partial charge in [0, 0.05) is 18.3 Å². The van der Waals surface area contributed by atoms with E-state index < -0.39 is 10.5 Å². The molecular weight excluding hydrogens is 146 g/mol. The Morgan fingerprint density at radius 2 is 2.45 bits per heavy atom. The molecule has 0 aromatic rings. The normalized spacial score (nSPS) is 29.7. The standard InChI is InChI=1S/C7H9NO3/c1-7(8(10)11)5-3-2-4-6(7)9/h2-4,9H,5H2,1H3. The molecule has 0 amide bonds. The van der Waals surface area contributed by atoms with Crippen molar-refractivity contribution >= 4 is 0 Å². The first kappa shape index (κ1) is 7.78. The number of allylic oxidation sites excluding steroid dienone is 2. The van der Waals surface area contributed by atoms with Gasteiger partial charge in [-0.3, -0.25) is 10.1 Å². The van der Waals surface area contributed by atoms with Crippen LogP contribution in [-0.2, 0) is 0 Å². The van der Waals surface area contributed by atoms with Crippen molar-refractivity contribution in [3.8, 4) is 0 Å². The van der Waals surface area contributed by atoms with Gasteiger partial charge >= 0.3 is 0 Å². The van der Waals surface area contributed by atoms with Gasteiger partial charge in [0.15, 0.2) is 5.76 Å². The lowest BCUT2D eigenvalue weighted by Crippen LogP contribution is -2.37. The number of nitro groups is 1. The van der Waals surface area contributed by atoms with Gasteiger partial charge in [-0.05, 0) is 6.08 Å². The highest BCUT2D eigenvalue weighted by atomic mass is 16.6. The minimum Gasteiger partial charge on any atom is -0.505 e. The maximum absolute atomic E-state index is 10.5. The summed E-state index contributed by atoms with van der Waals surface area (Å²) in [5, 5.41) is 19.6. The molecule has 1 rings (SSSR count). The molecular formula is C7H9NO3. The fraction of sp³-hybridized carbons (Fsp3) is 0.429. The van der Waals surface area contributed by atoms with Crippen LogP contribution in [0, 0.1) is 10.1 Å². The number of aliphatic hydroxyl groups excluding tert-OH is 1. The van der Waals surface area contributed by atoms with Crippen LogP contribution in [0.3, 0.4) is 0 Å². The first-order valence-electron chi connectivity index (χ1n) is 3.28. The van der Waals surface area contributed by atoms with E-state index in [1.54, 1.807) is 12.2 Å². The summed E-state index contributed by atoms with van der Waals surface area (Å²) in [5.41, 5.74) is -1.31. The van der Waals surface area contributed by atoms with Crippen molar-refractivity contribution in [1.82, 2.24) is 0 Å². The van der Waals surface area contributed by atoms with Crippen molar-refractivity contribution in [1.29, 1.82) is 0 Å². The number of nitrogens with zero attached hydrogens (tertiary/aromatic N) is 1. The van der Waals surface area contributed by atoms with Gasteiger partial charge in [0.2, 0.25) is 0 Å². The van der Waals surface area contributed by atoms with Crippen molar-refractivity contribution in [3.05, 3.63) is 34.1 Å². The van der Waals surface area contributed by atoms with E-state index in [2.05, 4.69) is 0 Å². The van der Waals surface area contributed by atoms with E-state index in [1.807, 2.05) is 0 Å². The average Bonchev–Trinajstić information content (AvgIpc) is 1.95. The number of hydrogen-bond donors (Lipinski definition) is 1. The van der Waals surface area contributed by atoms with Crippen LogP contribution in [0.25, 0.3) is 0 Å². The first-order chi connectivity index (χ1) is 5.07. The lowest BCUT2D eigenvalue weighted by molar-refractivity contribution is -0.557. The van der Waals surface area contributed by atoms with Crippen molar-refractivity contribution in [2.75, 3.05) is 0 Å². The van der Waals surface area contributed by atoms with Gasteiger partial charge in [0.05, 0.1) is 0 Å². The summed E-state index contributed by atoms with van der Waals surface area (Å²) in [6.07, 6.45) is 4.89. The molecule has 0 fully saturated rings. The maximum Gasteiger partial charge on any atom is 0.278 e. The summed E-state index contributed by atoms with van der Waals surface area (Å²) in [7, 11) is 0. The molecule has 0 saturated carbocycles. The molecule has 4 heteroatoms. The van der Waals surface area contributed by atoms with Crippen LogP contribution in [0.2, 0.25) is 0 Å². The van der Waals surface area contributed by atoms with Gasteiger partial charge in [-0.25, -0.2) is 0 Å². The second kappa shape index (κ2) is 2.38. The van der Waals surface area contributed by atoms with E-state index in [0.29, 0.717) is 0 Å². The fourth-order valence-corrected chi connectivity index (χ4v) is 0.909. The number of aliphatic hydroxyl groups is 1. The Morgan fingerprint density at radius 3 is 2.82 bits per heavy atom. The van der Waals surface area contributed by atoms with Crippen LogP contribution < -0.4 is 0 Å². The van der Waals surface area contributed by atoms with Crippen LogP contribution in [0.1, 0.15) is 13.3 Å². The quantitative estimate of drug-likeness (QED) is 0.460. The Balaban J connectivity index is 2.97. The Morgan fingerprint density at radius 1 is 1.82 bits per heavy atom. The average molecular weight is 155 g/mol. The lowest BCUT2D eigenvalue weighted by atomic mass is 9.92. The van der Waals surface area contributed by atoms with Crippen molar-refractivity contribution in [2.45, 2.75) is 18.9 Å². The summed E-state index contributed by atoms with van der Waals surface area (Å²) in [6, 6.07) is 0. The molecule has 0 aromatic carbocycles. The molecule has 0 aromatic heterocycles. The molecule has 0 heterocycles. The molecule has 0 saturated heterocycles. The Labute approximate surface area is 64.0 Å². The minimum absolute atomic E-state index is 0.176. The SMILES string of the molecule is CC1([N+](=O)[O-])CC=CC=C1O. The molecule has 0 bridgehead atoms. The van der Waals surface area contributed by atoms with Crippen molar-refractivity contribution in [2.24, 2.45) is 0 Å². The van der Waals surface area contributed by atoms with Crippen LogP contribution in [0.4, 0.5) is 0 Å². The largest absolute Gasteiger partial charge is 0.505 e. The van der Waals surface area contributed by atoms with E-state index >= 15 is 0 Å². The van der Waals surface area contributed by atoms with E-state index in [4.69, 9.17) is 5.11 Å². The third-order valence-corrected chi connectivity index (χ3v) is 1.86. The van der Waals surface area contributed by atoms with E-state index in [0.717, 1.165) is 0 Å². The molecule has 0 radical (unpaired) electrons. The Bertz CT molecular complexity index is 244. The molecule has 60 valence electrons. The second-order valence-electron chi connectivity index (χ2n) is 2.72. The molecule has 1 aliphatic rings. The molecule has 1 atom stereocenters. The summed E-state index contributed by atoms with van der Waals surface area (Å²) >= 11 is 0. The molecule has 1 aliphatic carbocycles. The summed E-state index contributed by atoms with van der Waals surface area (Å²) in [6.45, 7) is 1.41. The van der Waals surface area contributed by atoms with Gasteiger partial charge in [0.25, 0.3) is 5.54 Å². The molecule has 0 spiro atoms. The molecule has 4 nitrogen and oxygen atoms in total. The highest BCUT2D eigenvalue weighted by Gasteiger charge is 2.41. The maximum atomic E-state index is 10.5. The Hall–Kier alpha value is -1.32. The molecule has 0 aliphatic heterocycles. The van der Waals surface area contributed by atoms with Gasteiger partial charge in [-0.1, -0.05) is 12.2 Å². The predicted molar refractivity (Wildman–Crippen MR) is 39.9 cm³/mol. The third kappa shape index (κ3) is 1.11. The molecule has 11 heavy (non-hydrogen) atoms. The Kier molecular flexibility index (Phi) is 1.68. The zero-order valence-corrected chi connectivity index (χ0v) is 6.15. The highest BCUT2D eigenvalue weighted by molar-refractivity contribution is 5.21. The number of hydrogen-bond acceptors (Lipinski definition) is 3. The summed E-state index contributed by atoms with van der Waals surface area (Å²) in [4.78, 5) is 9.99. The lowest BCUT2D eigenvalue weighted by Gasteiger charge is -2.19. The zero-order chi connectivity index (χ0) is 8.48. The van der Waals surface area contributed by atoms with Crippen molar-refractivity contribution in [3.63, 3.8) is 0 Å². The summed E-state index contributed by atoms with van der Waals surface area (Å²) in [5.74, 6) is -0.176. The van der Waals surface area contributed by atoms with Gasteiger partial charge in [-0.15, -0.1) is 0 Å². The van der Waals surface area contributed by atoms with Gasteiger partial charge < -0.3 is 5.11 Å². The van der Waals surface area contributed by atoms with Gasteiger partial charge in [0.1, 0.15) is 0 Å². The van der Waals surface area contributed by atoms with Crippen LogP contribution in [0.5, 0.6) is 0 Å². The monoisotopic (exact) mass is 155 g/mol. The molecule has 1 N–H and O–H groups in total. The van der Waals surface area contributed by atoms with E-state index in [-0.39, 0.29) is 12.2 Å². The van der Waals surface area contributed by atoms with Gasteiger partial charge in [-0.2, -0.15) is 0 Å². The zero-order valence-electron chi connectivity index (χ0n) is 6.15. The third-order valence-electron chi connectivity index (χ3n) is 1.86. The van der Waals surface area contributed by atoms with Crippen LogP contribution in [-0.4, -0.2) is 15.6 Å². The fourth-order valence-electron chi connectivity index (χ4n) is 0.909.